The molecule has 0 aromatic rings. The summed E-state index contributed by atoms with van der Waals surface area (Å²) < 4.78 is 18.3. The number of hydrogen-bond donors (Lipinski definition) is 0. The van der Waals surface area contributed by atoms with Gasteiger partial charge in [0.15, 0.2) is 0 Å². The van der Waals surface area contributed by atoms with Gasteiger partial charge in [-0.15, -0.1) is 0 Å². The summed E-state index contributed by atoms with van der Waals surface area (Å²) in [6.07, 6.45) is 2.36. The molecule has 1 aliphatic rings. The van der Waals surface area contributed by atoms with Gasteiger partial charge in [0.1, 0.15) is 0 Å². The normalized spacial score (nSPS) is 18.9. The average molecular weight is 243 g/mol. The number of ether oxygens (including phenoxy) is 1. The Labute approximate surface area is 103 Å². The van der Waals surface area contributed by atoms with E-state index in [1.807, 2.05) is 0 Å². The monoisotopic (exact) mass is 243 g/mol. The van der Waals surface area contributed by atoms with E-state index in [2.05, 4.69) is 23.5 Å². The summed E-state index contributed by atoms with van der Waals surface area (Å²) in [4.78, 5) is 13.6. The molecular formula is C13H22FNO2. The van der Waals surface area contributed by atoms with Crippen molar-refractivity contribution in [1.29, 1.82) is 0 Å². The summed E-state index contributed by atoms with van der Waals surface area (Å²) >= 11 is 0. The van der Waals surface area contributed by atoms with Gasteiger partial charge in [-0.25, -0.2) is 4.79 Å². The Morgan fingerprint density at radius 3 is 2.47 bits per heavy atom. The SMILES string of the molecule is CCOC(=O)C(F)=C1CCN(C(C)CC)CC1. The van der Waals surface area contributed by atoms with Crippen LogP contribution in [0.4, 0.5) is 4.39 Å². The van der Waals surface area contributed by atoms with E-state index >= 15 is 0 Å². The maximum absolute atomic E-state index is 13.7. The predicted octanol–water partition coefficient (Wildman–Crippen LogP) is 2.67. The fourth-order valence-electron chi connectivity index (χ4n) is 2.05. The fourth-order valence-corrected chi connectivity index (χ4v) is 2.05. The molecule has 1 atom stereocenters. The van der Waals surface area contributed by atoms with Gasteiger partial charge < -0.3 is 9.64 Å². The zero-order chi connectivity index (χ0) is 12.8. The van der Waals surface area contributed by atoms with E-state index in [4.69, 9.17) is 0 Å². The molecule has 3 nitrogen and oxygen atoms in total. The zero-order valence-corrected chi connectivity index (χ0v) is 11.0. The fraction of sp³-hybridized carbons (Fsp3) is 0.769. The molecule has 0 N–H and O–H groups in total. The van der Waals surface area contributed by atoms with Gasteiger partial charge in [-0.1, -0.05) is 6.92 Å². The maximum Gasteiger partial charge on any atom is 0.367 e. The molecule has 4 heteroatoms. The largest absolute Gasteiger partial charge is 0.461 e. The number of hydrogen-bond acceptors (Lipinski definition) is 3. The van der Waals surface area contributed by atoms with Crippen molar-refractivity contribution in [2.24, 2.45) is 0 Å². The molecule has 1 saturated heterocycles. The third kappa shape index (κ3) is 3.80. The highest BCUT2D eigenvalue weighted by molar-refractivity contribution is 5.86. The second kappa shape index (κ2) is 6.74. The van der Waals surface area contributed by atoms with Crippen molar-refractivity contribution in [1.82, 2.24) is 4.90 Å². The lowest BCUT2D eigenvalue weighted by Crippen LogP contribution is -2.38. The highest BCUT2D eigenvalue weighted by Crippen LogP contribution is 2.23. The topological polar surface area (TPSA) is 29.5 Å². The van der Waals surface area contributed by atoms with Crippen molar-refractivity contribution in [3.63, 3.8) is 0 Å². The van der Waals surface area contributed by atoms with Crippen molar-refractivity contribution < 1.29 is 13.9 Å². The molecule has 0 radical (unpaired) electrons. The van der Waals surface area contributed by atoms with E-state index in [0.717, 1.165) is 19.5 Å². The molecule has 0 aromatic carbocycles. The number of halogens is 1. The second-order valence-electron chi connectivity index (χ2n) is 4.43. The first-order valence-electron chi connectivity index (χ1n) is 6.38. The lowest BCUT2D eigenvalue weighted by Gasteiger charge is -2.33. The lowest BCUT2D eigenvalue weighted by molar-refractivity contribution is -0.140. The van der Waals surface area contributed by atoms with E-state index < -0.39 is 11.8 Å². The Balaban J connectivity index is 2.55. The number of esters is 1. The molecule has 0 saturated carbocycles. The van der Waals surface area contributed by atoms with Crippen LogP contribution in [0, 0.1) is 0 Å². The zero-order valence-electron chi connectivity index (χ0n) is 11.0. The third-order valence-corrected chi connectivity index (χ3v) is 3.38. The molecule has 0 aromatic heterocycles. The van der Waals surface area contributed by atoms with Gasteiger partial charge in [0.05, 0.1) is 6.61 Å². The number of rotatable bonds is 4. The standard InChI is InChI=1S/C13H22FNO2/c1-4-10(3)15-8-6-11(7-9-15)12(14)13(16)17-5-2/h10H,4-9H2,1-3H3. The van der Waals surface area contributed by atoms with E-state index in [9.17, 15) is 9.18 Å². The van der Waals surface area contributed by atoms with Crippen LogP contribution in [0.1, 0.15) is 40.0 Å². The highest BCUT2D eigenvalue weighted by atomic mass is 19.1. The number of nitrogens with zero attached hydrogens (tertiary/aromatic N) is 1. The molecule has 1 fully saturated rings. The van der Waals surface area contributed by atoms with Crippen LogP contribution < -0.4 is 0 Å². The van der Waals surface area contributed by atoms with Crippen LogP contribution in [0.2, 0.25) is 0 Å². The first kappa shape index (κ1) is 14.2. The van der Waals surface area contributed by atoms with E-state index in [1.54, 1.807) is 6.92 Å². The summed E-state index contributed by atoms with van der Waals surface area (Å²) in [5, 5.41) is 0. The second-order valence-corrected chi connectivity index (χ2v) is 4.43. The number of likely N-dealkylation sites (tertiary alicyclic amines) is 1. The molecule has 0 bridgehead atoms. The predicted molar refractivity (Wildman–Crippen MR) is 65.3 cm³/mol. The molecule has 1 aliphatic heterocycles. The first-order chi connectivity index (χ1) is 8.10. The Bertz CT molecular complexity index is 292. The average Bonchev–Trinajstić information content (AvgIpc) is 2.37. The molecule has 0 aliphatic carbocycles. The van der Waals surface area contributed by atoms with Gasteiger partial charge in [-0.3, -0.25) is 0 Å². The van der Waals surface area contributed by atoms with Crippen molar-refractivity contribution in [2.75, 3.05) is 19.7 Å². The van der Waals surface area contributed by atoms with Crippen LogP contribution in [-0.2, 0) is 9.53 Å². The lowest BCUT2D eigenvalue weighted by atomic mass is 10.0. The van der Waals surface area contributed by atoms with Crippen LogP contribution in [0.5, 0.6) is 0 Å². The van der Waals surface area contributed by atoms with Crippen LogP contribution in [0.25, 0.3) is 0 Å². The molecule has 17 heavy (non-hydrogen) atoms. The number of piperidine rings is 1. The van der Waals surface area contributed by atoms with E-state index in [0.29, 0.717) is 24.5 Å². The molecule has 0 spiro atoms. The first-order valence-corrected chi connectivity index (χ1v) is 6.38. The van der Waals surface area contributed by atoms with Crippen LogP contribution in [0.15, 0.2) is 11.4 Å². The van der Waals surface area contributed by atoms with Crippen LogP contribution in [0.3, 0.4) is 0 Å². The third-order valence-electron chi connectivity index (χ3n) is 3.38. The van der Waals surface area contributed by atoms with Gasteiger partial charge in [0.25, 0.3) is 0 Å². The van der Waals surface area contributed by atoms with Crippen LogP contribution >= 0.6 is 0 Å². The van der Waals surface area contributed by atoms with Gasteiger partial charge >= 0.3 is 5.97 Å². The molecule has 1 unspecified atom stereocenters. The summed E-state index contributed by atoms with van der Waals surface area (Å²) in [6.45, 7) is 7.89. The molecular weight excluding hydrogens is 221 g/mol. The van der Waals surface area contributed by atoms with E-state index in [1.165, 1.54) is 0 Å². The minimum absolute atomic E-state index is 0.221. The van der Waals surface area contributed by atoms with Crippen molar-refractivity contribution in [3.8, 4) is 0 Å². The van der Waals surface area contributed by atoms with Crippen molar-refractivity contribution >= 4 is 5.97 Å². The highest BCUT2D eigenvalue weighted by Gasteiger charge is 2.23. The Morgan fingerprint density at radius 1 is 1.41 bits per heavy atom. The Kier molecular flexibility index (Phi) is 5.62. The van der Waals surface area contributed by atoms with Gasteiger partial charge in [-0.05, 0) is 38.7 Å². The molecule has 0 amide bonds. The number of carbonyl (C=O) groups excluding carboxylic acids is 1. The summed E-state index contributed by atoms with van der Waals surface area (Å²) in [5.74, 6) is -1.48. The minimum atomic E-state index is -0.806. The van der Waals surface area contributed by atoms with E-state index in [-0.39, 0.29) is 6.61 Å². The van der Waals surface area contributed by atoms with Gasteiger partial charge in [0, 0.05) is 19.1 Å². The molecule has 1 rings (SSSR count). The molecule has 1 heterocycles. The Hall–Kier alpha value is -0.900. The van der Waals surface area contributed by atoms with Gasteiger partial charge in [-0.2, -0.15) is 4.39 Å². The minimum Gasteiger partial charge on any atom is -0.461 e. The van der Waals surface area contributed by atoms with Gasteiger partial charge in [0.2, 0.25) is 5.83 Å². The van der Waals surface area contributed by atoms with Crippen LogP contribution in [-0.4, -0.2) is 36.6 Å². The summed E-state index contributed by atoms with van der Waals surface area (Å²) in [7, 11) is 0. The Morgan fingerprint density at radius 2 is 2.00 bits per heavy atom. The van der Waals surface area contributed by atoms with Crippen molar-refractivity contribution in [2.45, 2.75) is 46.1 Å². The summed E-state index contributed by atoms with van der Waals surface area (Å²) in [5.41, 5.74) is 0.614. The number of carbonyl (C=O) groups is 1. The smallest absolute Gasteiger partial charge is 0.367 e. The quantitative estimate of drug-likeness (QED) is 0.561. The summed E-state index contributed by atoms with van der Waals surface area (Å²) in [6, 6.07) is 0.530. The molecule has 98 valence electrons. The van der Waals surface area contributed by atoms with Crippen molar-refractivity contribution in [3.05, 3.63) is 11.4 Å². The maximum atomic E-state index is 13.7.